The lowest BCUT2D eigenvalue weighted by molar-refractivity contribution is -0.137. The molecule has 0 aromatic heterocycles. The maximum absolute atomic E-state index is 12.5. The lowest BCUT2D eigenvalue weighted by atomic mass is 9.84. The molecule has 2 aliphatic rings. The Morgan fingerprint density at radius 1 is 1.28 bits per heavy atom. The Kier molecular flexibility index (Phi) is 5.18. The minimum absolute atomic E-state index is 0.00177. The Balaban J connectivity index is 1.53. The van der Waals surface area contributed by atoms with E-state index in [0.29, 0.717) is 32.4 Å². The van der Waals surface area contributed by atoms with Gasteiger partial charge in [0.25, 0.3) is 0 Å². The topological polar surface area (TPSA) is 77.9 Å². The van der Waals surface area contributed by atoms with Crippen LogP contribution in [-0.4, -0.2) is 73.5 Å². The minimum Gasteiger partial charge on any atom is -0.385 e. The summed E-state index contributed by atoms with van der Waals surface area (Å²) in [5.74, 6) is 0.357. The second-order valence-corrected chi connectivity index (χ2v) is 9.48. The van der Waals surface area contributed by atoms with E-state index in [0.717, 1.165) is 5.56 Å². The van der Waals surface area contributed by atoms with Crippen molar-refractivity contribution < 1.29 is 18.3 Å². The van der Waals surface area contributed by atoms with Gasteiger partial charge in [-0.1, -0.05) is 30.3 Å². The van der Waals surface area contributed by atoms with Gasteiger partial charge >= 0.3 is 0 Å². The number of likely N-dealkylation sites (tertiary alicyclic amines) is 1. The number of nitrogens with zero attached hydrogens (tertiary/aromatic N) is 2. The Morgan fingerprint density at radius 3 is 2.48 bits per heavy atom. The van der Waals surface area contributed by atoms with Crippen molar-refractivity contribution >= 4 is 15.7 Å². The van der Waals surface area contributed by atoms with E-state index in [1.807, 2.05) is 42.3 Å². The first kappa shape index (κ1) is 18.4. The molecule has 138 valence electrons. The summed E-state index contributed by atoms with van der Waals surface area (Å²) < 4.78 is 23.2. The lowest BCUT2D eigenvalue weighted by Gasteiger charge is -2.39. The monoisotopic (exact) mass is 366 g/mol. The summed E-state index contributed by atoms with van der Waals surface area (Å²) in [6, 6.07) is 9.52. The number of piperidine rings is 1. The average molecular weight is 366 g/mol. The molecule has 2 aliphatic heterocycles. The molecule has 0 aliphatic carbocycles. The normalized spacial score (nSPS) is 25.2. The fourth-order valence-corrected chi connectivity index (χ4v) is 5.53. The molecule has 1 aromatic rings. The highest BCUT2D eigenvalue weighted by molar-refractivity contribution is 7.91. The minimum atomic E-state index is -2.95. The van der Waals surface area contributed by atoms with Gasteiger partial charge in [-0.2, -0.15) is 0 Å². The van der Waals surface area contributed by atoms with Gasteiger partial charge in [0.1, 0.15) is 0 Å². The molecule has 0 unspecified atom stereocenters. The molecule has 0 saturated carbocycles. The Labute approximate surface area is 149 Å². The molecule has 0 bridgehead atoms. The molecule has 2 saturated heterocycles. The number of aliphatic hydroxyl groups is 1. The number of amides is 1. The van der Waals surface area contributed by atoms with Crippen molar-refractivity contribution in [2.24, 2.45) is 0 Å². The Bertz CT molecular complexity index is 712. The number of hydrogen-bond donors (Lipinski definition) is 1. The molecule has 0 spiro atoms. The third kappa shape index (κ3) is 4.22. The highest BCUT2D eigenvalue weighted by Gasteiger charge is 2.36. The molecule has 2 fully saturated rings. The first-order chi connectivity index (χ1) is 11.8. The number of carbonyl (C=O) groups excluding carboxylic acids is 1. The van der Waals surface area contributed by atoms with Crippen LogP contribution in [0.15, 0.2) is 30.3 Å². The zero-order valence-corrected chi connectivity index (χ0v) is 15.4. The van der Waals surface area contributed by atoms with Crippen LogP contribution in [0.1, 0.15) is 24.8 Å². The van der Waals surface area contributed by atoms with E-state index in [1.54, 1.807) is 4.90 Å². The van der Waals surface area contributed by atoms with Crippen LogP contribution in [0.25, 0.3) is 0 Å². The summed E-state index contributed by atoms with van der Waals surface area (Å²) in [6.07, 6.45) is 1.63. The van der Waals surface area contributed by atoms with Crippen LogP contribution in [0.2, 0.25) is 0 Å². The van der Waals surface area contributed by atoms with Crippen LogP contribution in [0, 0.1) is 0 Å². The predicted molar refractivity (Wildman–Crippen MR) is 95.8 cm³/mol. The Morgan fingerprint density at radius 2 is 1.92 bits per heavy atom. The van der Waals surface area contributed by atoms with E-state index >= 15 is 0 Å². The van der Waals surface area contributed by atoms with Crippen molar-refractivity contribution in [2.75, 3.05) is 38.2 Å². The zero-order valence-electron chi connectivity index (χ0n) is 14.6. The van der Waals surface area contributed by atoms with Gasteiger partial charge < -0.3 is 10.0 Å². The molecular weight excluding hydrogens is 340 g/mol. The van der Waals surface area contributed by atoms with Crippen LogP contribution in [0.4, 0.5) is 0 Å². The van der Waals surface area contributed by atoms with Gasteiger partial charge in [-0.15, -0.1) is 0 Å². The van der Waals surface area contributed by atoms with Gasteiger partial charge in [-0.25, -0.2) is 8.42 Å². The molecule has 6 nitrogen and oxygen atoms in total. The number of benzene rings is 1. The van der Waals surface area contributed by atoms with Crippen molar-refractivity contribution in [1.29, 1.82) is 0 Å². The number of hydrogen-bond acceptors (Lipinski definition) is 5. The number of likely N-dealkylation sites (N-methyl/N-ethyl adjacent to an activating group) is 1. The van der Waals surface area contributed by atoms with E-state index in [4.69, 9.17) is 0 Å². The second kappa shape index (κ2) is 7.05. The van der Waals surface area contributed by atoms with E-state index in [9.17, 15) is 18.3 Å². The fraction of sp³-hybridized carbons (Fsp3) is 0.611. The summed E-state index contributed by atoms with van der Waals surface area (Å²) >= 11 is 0. The summed E-state index contributed by atoms with van der Waals surface area (Å²) in [4.78, 5) is 16.2. The van der Waals surface area contributed by atoms with Crippen molar-refractivity contribution in [3.05, 3.63) is 35.9 Å². The maximum Gasteiger partial charge on any atom is 0.236 e. The second-order valence-electron chi connectivity index (χ2n) is 7.25. The third-order valence-electron chi connectivity index (χ3n) is 5.47. The van der Waals surface area contributed by atoms with E-state index < -0.39 is 15.4 Å². The van der Waals surface area contributed by atoms with Gasteiger partial charge in [0.05, 0.1) is 23.7 Å². The van der Waals surface area contributed by atoms with Crippen molar-refractivity contribution in [3.63, 3.8) is 0 Å². The number of sulfone groups is 1. The highest BCUT2D eigenvalue weighted by atomic mass is 32.2. The van der Waals surface area contributed by atoms with Gasteiger partial charge in [0, 0.05) is 19.1 Å². The van der Waals surface area contributed by atoms with Gasteiger partial charge in [0.2, 0.25) is 5.91 Å². The Hall–Kier alpha value is -1.44. The first-order valence-corrected chi connectivity index (χ1v) is 10.6. The van der Waals surface area contributed by atoms with Crippen LogP contribution < -0.4 is 0 Å². The lowest BCUT2D eigenvalue weighted by Crippen LogP contribution is -2.49. The van der Waals surface area contributed by atoms with Crippen LogP contribution >= 0.6 is 0 Å². The molecule has 3 rings (SSSR count). The van der Waals surface area contributed by atoms with Crippen LogP contribution in [-0.2, 0) is 20.2 Å². The average Bonchev–Trinajstić information content (AvgIpc) is 2.96. The quantitative estimate of drug-likeness (QED) is 0.845. The molecule has 0 radical (unpaired) electrons. The summed E-state index contributed by atoms with van der Waals surface area (Å²) in [7, 11) is -1.13. The smallest absolute Gasteiger partial charge is 0.236 e. The molecule has 1 atom stereocenters. The molecule has 1 aromatic carbocycles. The number of rotatable bonds is 4. The summed E-state index contributed by atoms with van der Waals surface area (Å²) in [5.41, 5.74) is 0.0269. The zero-order chi connectivity index (χ0) is 18.1. The predicted octanol–water partition coefficient (Wildman–Crippen LogP) is 0.615. The van der Waals surface area contributed by atoms with E-state index in [2.05, 4.69) is 0 Å². The fourth-order valence-electron chi connectivity index (χ4n) is 3.73. The highest BCUT2D eigenvalue weighted by Crippen LogP contribution is 2.32. The molecule has 1 amide bonds. The van der Waals surface area contributed by atoms with Gasteiger partial charge in [-0.05, 0) is 31.9 Å². The largest absolute Gasteiger partial charge is 0.385 e. The SMILES string of the molecule is CN(CC(=O)N1CCC(O)(c2ccccc2)CC1)[C@@H]1CCS(=O)(=O)C1. The number of carbonyl (C=O) groups is 1. The van der Waals surface area contributed by atoms with Gasteiger partial charge in [0.15, 0.2) is 9.84 Å². The molecule has 1 N–H and O–H groups in total. The molecule has 25 heavy (non-hydrogen) atoms. The molecular formula is C18H26N2O4S. The van der Waals surface area contributed by atoms with Crippen LogP contribution in [0.5, 0.6) is 0 Å². The third-order valence-corrected chi connectivity index (χ3v) is 7.22. The van der Waals surface area contributed by atoms with Crippen LogP contribution in [0.3, 0.4) is 0 Å². The molecule has 7 heteroatoms. The van der Waals surface area contributed by atoms with E-state index in [-0.39, 0.29) is 30.0 Å². The summed E-state index contributed by atoms with van der Waals surface area (Å²) in [6.45, 7) is 1.26. The first-order valence-electron chi connectivity index (χ1n) is 8.75. The van der Waals surface area contributed by atoms with E-state index in [1.165, 1.54) is 0 Å². The van der Waals surface area contributed by atoms with Crippen molar-refractivity contribution in [2.45, 2.75) is 30.9 Å². The standard InChI is InChI=1S/C18H26N2O4S/c1-19(16-7-12-25(23,24)14-16)13-17(21)20-10-8-18(22,9-11-20)15-5-3-2-4-6-15/h2-6,16,22H,7-14H2,1H3/t16-/m1/s1. The van der Waals surface area contributed by atoms with Gasteiger partial charge in [-0.3, -0.25) is 9.69 Å². The van der Waals surface area contributed by atoms with Crippen molar-refractivity contribution in [3.8, 4) is 0 Å². The maximum atomic E-state index is 12.5. The molecule has 2 heterocycles. The summed E-state index contributed by atoms with van der Waals surface area (Å²) in [5, 5.41) is 10.8. The van der Waals surface area contributed by atoms with Crippen molar-refractivity contribution in [1.82, 2.24) is 9.80 Å².